The second kappa shape index (κ2) is 11.1. The summed E-state index contributed by atoms with van der Waals surface area (Å²) in [5.41, 5.74) is 7.81. The lowest BCUT2D eigenvalue weighted by Crippen LogP contribution is -2.58. The first kappa shape index (κ1) is 26.1. The number of rotatable bonds is 6. The number of nitrogens with one attached hydrogen (secondary N) is 2. The van der Waals surface area contributed by atoms with Gasteiger partial charge in [-0.3, -0.25) is 4.90 Å². The molecule has 1 fully saturated rings. The van der Waals surface area contributed by atoms with Crippen molar-refractivity contribution < 1.29 is 5.11 Å². The predicted octanol–water partition coefficient (Wildman–Crippen LogP) is 5.55. The van der Waals surface area contributed by atoms with E-state index in [9.17, 15) is 5.11 Å². The first-order valence-electron chi connectivity index (χ1n) is 14.2. The van der Waals surface area contributed by atoms with E-state index in [4.69, 9.17) is 12.2 Å². The summed E-state index contributed by atoms with van der Waals surface area (Å²) >= 11 is 5.87. The number of aliphatic hydroxyl groups is 1. The second-order valence-electron chi connectivity index (χ2n) is 11.2. The monoisotopic (exact) mass is 538 g/mol. The molecule has 3 N–H and O–H groups in total. The van der Waals surface area contributed by atoms with Crippen molar-refractivity contribution in [2.24, 2.45) is 5.92 Å². The van der Waals surface area contributed by atoms with Crippen LogP contribution in [0.25, 0.3) is 22.0 Å². The minimum absolute atomic E-state index is 0.130. The third-order valence-corrected chi connectivity index (χ3v) is 9.29. The number of para-hydroxylation sites is 1. The SMILES string of the molecule is C[C@H](O)[C@@H]1CN2CCc3c([nH]c4c(-c5ccccc5)cccc34)[C@@H]2C[C@@H]1N(C)C(=S)NCCc1ccccc1. The van der Waals surface area contributed by atoms with Gasteiger partial charge in [0.05, 0.1) is 17.7 Å². The number of aliphatic hydroxyl groups excluding tert-OH is 1. The lowest BCUT2D eigenvalue weighted by atomic mass is 9.80. The Morgan fingerprint density at radius 3 is 2.56 bits per heavy atom. The van der Waals surface area contributed by atoms with E-state index in [2.05, 4.69) is 99.9 Å². The molecule has 0 saturated carbocycles. The highest BCUT2D eigenvalue weighted by Gasteiger charge is 2.43. The standard InChI is InChI=1S/C33H38N4OS/c1-22(38)28-21-37-19-17-27-26-15-9-14-25(24-12-7-4-8-13-24)31(26)35-32(27)30(37)20-29(28)36(2)33(39)34-18-16-23-10-5-3-6-11-23/h3-15,22,28-30,35,38H,16-21H2,1-2H3,(H,34,39)/t22-,28-,29-,30-/m0/s1. The van der Waals surface area contributed by atoms with Gasteiger partial charge in [0.25, 0.3) is 0 Å². The lowest BCUT2D eigenvalue weighted by Gasteiger charge is -2.50. The Hall–Kier alpha value is -3.19. The number of aromatic nitrogens is 1. The molecule has 6 rings (SSSR count). The number of fused-ring (bicyclic) bond motifs is 5. The molecule has 0 amide bonds. The van der Waals surface area contributed by atoms with Gasteiger partial charge in [0.15, 0.2) is 5.11 Å². The van der Waals surface area contributed by atoms with Crippen molar-refractivity contribution in [1.82, 2.24) is 20.1 Å². The Labute approximate surface area is 236 Å². The summed E-state index contributed by atoms with van der Waals surface area (Å²) in [5.74, 6) is 0.130. The molecule has 0 spiro atoms. The van der Waals surface area contributed by atoms with Crippen LogP contribution in [0.4, 0.5) is 0 Å². The first-order valence-corrected chi connectivity index (χ1v) is 14.6. The van der Waals surface area contributed by atoms with Crippen molar-refractivity contribution >= 4 is 28.2 Å². The Morgan fingerprint density at radius 1 is 1.08 bits per heavy atom. The number of benzene rings is 3. The predicted molar refractivity (Wildman–Crippen MR) is 164 cm³/mol. The summed E-state index contributed by atoms with van der Waals surface area (Å²) in [4.78, 5) is 8.68. The summed E-state index contributed by atoms with van der Waals surface area (Å²) in [6, 6.07) is 28.2. The normalized spacial score (nSPS) is 21.7. The number of hydrogen-bond acceptors (Lipinski definition) is 3. The molecule has 0 bridgehead atoms. The molecule has 39 heavy (non-hydrogen) atoms. The van der Waals surface area contributed by atoms with E-state index >= 15 is 0 Å². The molecule has 0 unspecified atom stereocenters. The van der Waals surface area contributed by atoms with Crippen LogP contribution in [-0.4, -0.2) is 63.8 Å². The van der Waals surface area contributed by atoms with Crippen LogP contribution in [0, 0.1) is 5.92 Å². The van der Waals surface area contributed by atoms with Gasteiger partial charge in [0, 0.05) is 55.3 Å². The van der Waals surface area contributed by atoms with Crippen molar-refractivity contribution in [3.8, 4) is 11.1 Å². The molecule has 6 heteroatoms. The molecule has 1 saturated heterocycles. The lowest BCUT2D eigenvalue weighted by molar-refractivity contribution is -0.0137. The minimum Gasteiger partial charge on any atom is -0.393 e. The summed E-state index contributed by atoms with van der Waals surface area (Å²) in [6.45, 7) is 4.61. The molecule has 3 aromatic carbocycles. The largest absolute Gasteiger partial charge is 0.393 e. The quantitative estimate of drug-likeness (QED) is 0.281. The molecule has 4 atom stereocenters. The number of aromatic amines is 1. The van der Waals surface area contributed by atoms with Gasteiger partial charge in [-0.25, -0.2) is 0 Å². The van der Waals surface area contributed by atoms with Crippen LogP contribution in [0.1, 0.15) is 36.2 Å². The van der Waals surface area contributed by atoms with Gasteiger partial charge in [-0.15, -0.1) is 0 Å². The zero-order valence-electron chi connectivity index (χ0n) is 22.8. The van der Waals surface area contributed by atoms with Crippen LogP contribution in [0.15, 0.2) is 78.9 Å². The van der Waals surface area contributed by atoms with E-state index < -0.39 is 6.10 Å². The zero-order chi connectivity index (χ0) is 26.9. The number of nitrogens with zero attached hydrogens (tertiary/aromatic N) is 2. The molecular formula is C33H38N4OS. The Balaban J connectivity index is 1.26. The van der Waals surface area contributed by atoms with Crippen molar-refractivity contribution in [2.75, 3.05) is 26.7 Å². The number of piperidine rings is 1. The maximum atomic E-state index is 10.8. The van der Waals surface area contributed by atoms with E-state index in [1.54, 1.807) is 0 Å². The molecule has 2 aliphatic heterocycles. The summed E-state index contributed by atoms with van der Waals surface area (Å²) in [6.07, 6.45) is 2.47. The molecule has 2 aliphatic rings. The molecule has 3 heterocycles. The Morgan fingerprint density at radius 2 is 1.82 bits per heavy atom. The fourth-order valence-electron chi connectivity index (χ4n) is 6.73. The van der Waals surface area contributed by atoms with Gasteiger partial charge in [-0.2, -0.15) is 0 Å². The topological polar surface area (TPSA) is 54.5 Å². The Bertz CT molecular complexity index is 1430. The van der Waals surface area contributed by atoms with Crippen molar-refractivity contribution in [1.29, 1.82) is 0 Å². The highest BCUT2D eigenvalue weighted by atomic mass is 32.1. The average molecular weight is 539 g/mol. The van der Waals surface area contributed by atoms with Gasteiger partial charge in [0.1, 0.15) is 0 Å². The van der Waals surface area contributed by atoms with Crippen molar-refractivity contribution in [2.45, 2.75) is 44.4 Å². The maximum Gasteiger partial charge on any atom is 0.168 e. The molecule has 202 valence electrons. The highest BCUT2D eigenvalue weighted by Crippen LogP contribution is 2.44. The van der Waals surface area contributed by atoms with Crippen LogP contribution in [0.5, 0.6) is 0 Å². The van der Waals surface area contributed by atoms with E-state index in [0.29, 0.717) is 0 Å². The van der Waals surface area contributed by atoms with Crippen LogP contribution < -0.4 is 5.32 Å². The third kappa shape index (κ3) is 5.09. The number of hydrogen-bond donors (Lipinski definition) is 3. The summed E-state index contributed by atoms with van der Waals surface area (Å²) < 4.78 is 0. The molecule has 1 aromatic heterocycles. The van der Waals surface area contributed by atoms with Gasteiger partial charge in [-0.05, 0) is 55.1 Å². The van der Waals surface area contributed by atoms with Gasteiger partial charge in [-0.1, -0.05) is 78.9 Å². The molecule has 5 nitrogen and oxygen atoms in total. The maximum absolute atomic E-state index is 10.8. The van der Waals surface area contributed by atoms with Gasteiger partial charge < -0.3 is 20.3 Å². The number of thiocarbonyl (C=S) groups is 1. The summed E-state index contributed by atoms with van der Waals surface area (Å²) in [7, 11) is 2.09. The first-order chi connectivity index (χ1) is 19.0. The Kier molecular flexibility index (Phi) is 7.43. The van der Waals surface area contributed by atoms with E-state index in [-0.39, 0.29) is 18.0 Å². The average Bonchev–Trinajstić information content (AvgIpc) is 3.36. The van der Waals surface area contributed by atoms with Crippen molar-refractivity contribution in [3.05, 3.63) is 95.7 Å². The van der Waals surface area contributed by atoms with Gasteiger partial charge >= 0.3 is 0 Å². The number of H-pyrrole nitrogens is 1. The highest BCUT2D eigenvalue weighted by molar-refractivity contribution is 7.80. The third-order valence-electron chi connectivity index (χ3n) is 8.86. The van der Waals surface area contributed by atoms with Crippen LogP contribution >= 0.6 is 12.2 Å². The molecule has 0 radical (unpaired) electrons. The molecular weight excluding hydrogens is 500 g/mol. The fraction of sp³-hybridized carbons (Fsp3) is 0.364. The van der Waals surface area contributed by atoms with E-state index in [0.717, 1.165) is 44.0 Å². The van der Waals surface area contributed by atoms with E-state index in [1.165, 1.54) is 38.9 Å². The van der Waals surface area contributed by atoms with Crippen LogP contribution in [0.3, 0.4) is 0 Å². The second-order valence-corrected chi connectivity index (χ2v) is 11.5. The van der Waals surface area contributed by atoms with Crippen molar-refractivity contribution in [3.63, 3.8) is 0 Å². The smallest absolute Gasteiger partial charge is 0.168 e. The fourth-order valence-corrected chi connectivity index (χ4v) is 6.97. The zero-order valence-corrected chi connectivity index (χ0v) is 23.6. The minimum atomic E-state index is -0.403. The summed E-state index contributed by atoms with van der Waals surface area (Å²) in [5, 5.41) is 16.4. The van der Waals surface area contributed by atoms with Gasteiger partial charge in [0.2, 0.25) is 0 Å². The molecule has 0 aliphatic carbocycles. The van der Waals surface area contributed by atoms with Crippen LogP contribution in [-0.2, 0) is 12.8 Å². The van der Waals surface area contributed by atoms with E-state index in [1.807, 2.05) is 13.0 Å². The molecule has 4 aromatic rings. The van der Waals surface area contributed by atoms with Crippen LogP contribution in [0.2, 0.25) is 0 Å².